The van der Waals surface area contributed by atoms with E-state index in [9.17, 15) is 9.90 Å². The molecule has 1 aromatic carbocycles. The minimum atomic E-state index is -0.970. The monoisotopic (exact) mass is 297 g/mol. The summed E-state index contributed by atoms with van der Waals surface area (Å²) in [5.41, 5.74) is -0.177. The largest absolute Gasteiger partial charge is 0.480 e. The van der Waals surface area contributed by atoms with Crippen LogP contribution in [0.2, 0.25) is 0 Å². The smallest absolute Gasteiger partial charge is 0.329 e. The predicted molar refractivity (Wildman–Crippen MR) is 73.2 cm³/mol. The third kappa shape index (κ3) is 3.89. The number of halogens is 1. The molecular weight excluding hydrogens is 282 g/mol. The Balaban J connectivity index is 2.82. The van der Waals surface area contributed by atoms with E-state index in [0.717, 1.165) is 10.2 Å². The van der Waals surface area contributed by atoms with Gasteiger partial charge >= 0.3 is 5.97 Å². The highest BCUT2D eigenvalue weighted by Gasteiger charge is 2.31. The quantitative estimate of drug-likeness (QED) is 0.788. The summed E-state index contributed by atoms with van der Waals surface area (Å²) in [5, 5.41) is 12.3. The molecule has 0 aromatic heterocycles. The molecule has 0 bridgehead atoms. The molecule has 0 saturated heterocycles. The first-order valence-electron chi connectivity index (χ1n) is 5.36. The first kappa shape index (κ1) is 13.8. The minimum Gasteiger partial charge on any atom is -0.480 e. The van der Waals surface area contributed by atoms with Gasteiger partial charge in [0.05, 0.1) is 0 Å². The van der Waals surface area contributed by atoms with Crippen LogP contribution in [0.4, 0.5) is 5.69 Å². The van der Waals surface area contributed by atoms with Crippen LogP contribution >= 0.6 is 15.9 Å². The fourth-order valence-corrected chi connectivity index (χ4v) is 1.73. The van der Waals surface area contributed by atoms with Crippen LogP contribution in [-0.4, -0.2) is 16.6 Å². The average molecular weight is 298 g/mol. The van der Waals surface area contributed by atoms with Crippen molar-refractivity contribution in [3.05, 3.63) is 41.4 Å². The summed E-state index contributed by atoms with van der Waals surface area (Å²) in [6.45, 7) is 5.30. The highest BCUT2D eigenvalue weighted by atomic mass is 79.9. The number of carboxylic acid groups (broad SMARTS) is 1. The number of carboxylic acids is 1. The molecule has 0 fully saturated rings. The lowest BCUT2D eigenvalue weighted by molar-refractivity contribution is -0.141. The number of anilines is 1. The lowest BCUT2D eigenvalue weighted by Gasteiger charge is -2.27. The highest BCUT2D eigenvalue weighted by Crippen LogP contribution is 2.22. The Morgan fingerprint density at radius 1 is 1.53 bits per heavy atom. The summed E-state index contributed by atoms with van der Waals surface area (Å²) >= 11 is 3.34. The third-order valence-electron chi connectivity index (χ3n) is 2.58. The predicted octanol–water partition coefficient (Wildman–Crippen LogP) is 3.67. The van der Waals surface area contributed by atoms with Gasteiger partial charge in [0.25, 0.3) is 0 Å². The van der Waals surface area contributed by atoms with Gasteiger partial charge in [0.1, 0.15) is 5.54 Å². The van der Waals surface area contributed by atoms with Crippen molar-refractivity contribution >= 4 is 27.6 Å². The zero-order valence-electron chi connectivity index (χ0n) is 9.74. The molecular formula is C13H16BrNO2. The fourth-order valence-electron chi connectivity index (χ4n) is 1.47. The maximum absolute atomic E-state index is 11.3. The Hall–Kier alpha value is -1.29. The molecule has 4 heteroatoms. The number of carbonyl (C=O) groups is 1. The number of hydrogen-bond donors (Lipinski definition) is 2. The molecule has 17 heavy (non-hydrogen) atoms. The van der Waals surface area contributed by atoms with E-state index in [1.165, 1.54) is 0 Å². The van der Waals surface area contributed by atoms with Gasteiger partial charge in [-0.15, -0.1) is 6.58 Å². The zero-order valence-corrected chi connectivity index (χ0v) is 11.3. The average Bonchev–Trinajstić information content (AvgIpc) is 2.29. The molecule has 0 amide bonds. The molecule has 1 rings (SSSR count). The van der Waals surface area contributed by atoms with E-state index in [-0.39, 0.29) is 0 Å². The second-order valence-corrected chi connectivity index (χ2v) is 5.01. The second kappa shape index (κ2) is 5.87. The van der Waals surface area contributed by atoms with Crippen LogP contribution in [0, 0.1) is 0 Å². The molecule has 1 atom stereocenters. The van der Waals surface area contributed by atoms with Gasteiger partial charge in [-0.05, 0) is 44.0 Å². The van der Waals surface area contributed by atoms with Crippen molar-refractivity contribution in [2.45, 2.75) is 25.3 Å². The summed E-state index contributed by atoms with van der Waals surface area (Å²) in [6.07, 6.45) is 2.89. The van der Waals surface area contributed by atoms with Gasteiger partial charge in [-0.2, -0.15) is 0 Å². The van der Waals surface area contributed by atoms with E-state index in [4.69, 9.17) is 0 Å². The first-order valence-corrected chi connectivity index (χ1v) is 6.15. The van der Waals surface area contributed by atoms with Crippen molar-refractivity contribution in [1.29, 1.82) is 0 Å². The van der Waals surface area contributed by atoms with Gasteiger partial charge in [0.2, 0.25) is 0 Å². The number of nitrogens with one attached hydrogen (secondary N) is 1. The van der Waals surface area contributed by atoms with E-state index in [1.807, 2.05) is 24.3 Å². The van der Waals surface area contributed by atoms with Crippen molar-refractivity contribution in [2.75, 3.05) is 5.32 Å². The molecule has 0 saturated carbocycles. The maximum Gasteiger partial charge on any atom is 0.329 e. The van der Waals surface area contributed by atoms with Crippen LogP contribution in [0.3, 0.4) is 0 Å². The number of rotatable bonds is 6. The molecule has 0 aliphatic rings. The maximum atomic E-state index is 11.3. The highest BCUT2D eigenvalue weighted by molar-refractivity contribution is 9.10. The lowest BCUT2D eigenvalue weighted by Crippen LogP contribution is -2.43. The normalized spacial score (nSPS) is 13.8. The Kier molecular flexibility index (Phi) is 4.75. The molecule has 0 spiro atoms. The van der Waals surface area contributed by atoms with Crippen LogP contribution in [-0.2, 0) is 4.79 Å². The molecule has 92 valence electrons. The van der Waals surface area contributed by atoms with Crippen molar-refractivity contribution in [1.82, 2.24) is 0 Å². The van der Waals surface area contributed by atoms with Gasteiger partial charge in [0, 0.05) is 10.2 Å². The summed E-state index contributed by atoms with van der Waals surface area (Å²) in [4.78, 5) is 11.3. The third-order valence-corrected chi connectivity index (χ3v) is 3.11. The Bertz CT molecular complexity index is 402. The Labute approximate surface area is 110 Å². The number of benzene rings is 1. The van der Waals surface area contributed by atoms with Gasteiger partial charge in [0.15, 0.2) is 0 Å². The van der Waals surface area contributed by atoms with Crippen LogP contribution in [0.5, 0.6) is 0 Å². The SMILES string of the molecule is C=CCCC(C)(Nc1ccc(Br)cc1)C(=O)O. The van der Waals surface area contributed by atoms with Gasteiger partial charge in [-0.1, -0.05) is 22.0 Å². The molecule has 2 N–H and O–H groups in total. The van der Waals surface area contributed by atoms with E-state index < -0.39 is 11.5 Å². The molecule has 0 radical (unpaired) electrons. The van der Waals surface area contributed by atoms with Gasteiger partial charge in [-0.3, -0.25) is 0 Å². The van der Waals surface area contributed by atoms with Crippen LogP contribution in [0.1, 0.15) is 19.8 Å². The Morgan fingerprint density at radius 3 is 2.59 bits per heavy atom. The molecule has 0 heterocycles. The van der Waals surface area contributed by atoms with E-state index in [0.29, 0.717) is 12.8 Å². The number of aliphatic carboxylic acids is 1. The van der Waals surface area contributed by atoms with Crippen LogP contribution in [0.15, 0.2) is 41.4 Å². The fraction of sp³-hybridized carbons (Fsp3) is 0.308. The van der Waals surface area contributed by atoms with Crippen molar-refractivity contribution in [3.63, 3.8) is 0 Å². The standard InChI is InChI=1S/C13H16BrNO2/c1-3-4-9-13(2,12(16)17)15-11-7-5-10(14)6-8-11/h3,5-8,15H,1,4,9H2,2H3,(H,16,17). The van der Waals surface area contributed by atoms with E-state index in [1.54, 1.807) is 13.0 Å². The molecule has 1 aromatic rings. The van der Waals surface area contributed by atoms with Crippen LogP contribution in [0.25, 0.3) is 0 Å². The number of hydrogen-bond acceptors (Lipinski definition) is 2. The van der Waals surface area contributed by atoms with Gasteiger partial charge < -0.3 is 10.4 Å². The summed E-state index contributed by atoms with van der Waals surface area (Å²) < 4.78 is 0.964. The second-order valence-electron chi connectivity index (χ2n) is 4.10. The van der Waals surface area contributed by atoms with Gasteiger partial charge in [-0.25, -0.2) is 4.79 Å². The first-order chi connectivity index (χ1) is 7.98. The Morgan fingerprint density at radius 2 is 2.12 bits per heavy atom. The van der Waals surface area contributed by atoms with Crippen molar-refractivity contribution in [2.24, 2.45) is 0 Å². The summed E-state index contributed by atoms with van der Waals surface area (Å²) in [5.74, 6) is -0.859. The molecule has 3 nitrogen and oxygen atoms in total. The summed E-state index contributed by atoms with van der Waals surface area (Å²) in [6, 6.07) is 7.44. The minimum absolute atomic E-state index is 0.502. The van der Waals surface area contributed by atoms with Crippen molar-refractivity contribution in [3.8, 4) is 0 Å². The van der Waals surface area contributed by atoms with E-state index in [2.05, 4.69) is 27.8 Å². The van der Waals surface area contributed by atoms with E-state index >= 15 is 0 Å². The lowest BCUT2D eigenvalue weighted by atomic mass is 9.95. The zero-order chi connectivity index (χ0) is 12.9. The molecule has 0 aliphatic heterocycles. The van der Waals surface area contributed by atoms with Crippen molar-refractivity contribution < 1.29 is 9.90 Å². The topological polar surface area (TPSA) is 49.3 Å². The molecule has 1 unspecified atom stereocenters. The summed E-state index contributed by atoms with van der Waals surface area (Å²) in [7, 11) is 0. The molecule has 0 aliphatic carbocycles. The van der Waals surface area contributed by atoms with Crippen LogP contribution < -0.4 is 5.32 Å². The number of allylic oxidation sites excluding steroid dienone is 1.